The van der Waals surface area contributed by atoms with Gasteiger partial charge in [-0.2, -0.15) is 0 Å². The molecule has 4 N–H and O–H groups in total. The van der Waals surface area contributed by atoms with Gasteiger partial charge < -0.3 is 16.2 Å². The summed E-state index contributed by atoms with van der Waals surface area (Å²) in [5, 5.41) is 12.0. The monoisotopic (exact) mass is 402 g/mol. The van der Waals surface area contributed by atoms with E-state index in [9.17, 15) is 9.59 Å². The number of para-hydroxylation sites is 1. The fraction of sp³-hybridized carbons (Fsp3) is 0.217. The van der Waals surface area contributed by atoms with E-state index < -0.39 is 5.97 Å². The van der Waals surface area contributed by atoms with E-state index in [4.69, 9.17) is 15.8 Å². The quantitative estimate of drug-likeness (QED) is 0.583. The van der Waals surface area contributed by atoms with Gasteiger partial charge in [-0.05, 0) is 42.5 Å². The molecule has 2 aromatic carbocycles. The lowest BCUT2D eigenvalue weighted by Crippen LogP contribution is -2.19. The highest BCUT2D eigenvalue weighted by Crippen LogP contribution is 2.27. The number of hydrogen-bond acceptors (Lipinski definition) is 5. The number of amides is 1. The molecule has 0 saturated carbocycles. The van der Waals surface area contributed by atoms with Crippen LogP contribution in [0, 0.1) is 0 Å². The van der Waals surface area contributed by atoms with Gasteiger partial charge in [-0.25, -0.2) is 9.97 Å². The summed E-state index contributed by atoms with van der Waals surface area (Å²) in [5.41, 5.74) is 10.6. The van der Waals surface area contributed by atoms with Crippen LogP contribution in [0.1, 0.15) is 39.3 Å². The average molecular weight is 402 g/mol. The molecule has 7 heteroatoms. The van der Waals surface area contributed by atoms with E-state index in [1.807, 2.05) is 24.3 Å². The summed E-state index contributed by atoms with van der Waals surface area (Å²) >= 11 is 0. The number of fused-ring (bicyclic) bond motifs is 1. The van der Waals surface area contributed by atoms with Gasteiger partial charge >= 0.3 is 5.97 Å². The zero-order valence-electron chi connectivity index (χ0n) is 16.4. The highest BCUT2D eigenvalue weighted by Gasteiger charge is 2.24. The first-order chi connectivity index (χ1) is 14.5. The average Bonchev–Trinajstić information content (AvgIpc) is 3.23. The lowest BCUT2D eigenvalue weighted by molar-refractivity contribution is -0.136. The predicted molar refractivity (Wildman–Crippen MR) is 113 cm³/mol. The molecule has 0 unspecified atom stereocenters. The van der Waals surface area contributed by atoms with Crippen molar-refractivity contribution in [2.45, 2.75) is 32.2 Å². The third-order valence-electron chi connectivity index (χ3n) is 5.18. The molecule has 152 valence electrons. The number of aryl methyl sites for hydroxylation is 1. The summed E-state index contributed by atoms with van der Waals surface area (Å²) in [7, 11) is 0. The highest BCUT2D eigenvalue weighted by atomic mass is 16.4. The van der Waals surface area contributed by atoms with E-state index in [0.29, 0.717) is 29.3 Å². The molecule has 0 atom stereocenters. The molecule has 0 saturated heterocycles. The largest absolute Gasteiger partial charge is 0.481 e. The van der Waals surface area contributed by atoms with Gasteiger partial charge in [0.1, 0.15) is 5.69 Å². The zero-order valence-corrected chi connectivity index (χ0v) is 16.4. The number of carbonyl (C=O) groups is 2. The van der Waals surface area contributed by atoms with Gasteiger partial charge in [0.05, 0.1) is 6.42 Å². The third-order valence-corrected chi connectivity index (χ3v) is 5.18. The number of aliphatic carboxylic acids is 1. The lowest BCUT2D eigenvalue weighted by Gasteiger charge is -2.13. The summed E-state index contributed by atoms with van der Waals surface area (Å²) in [6, 6.07) is 14.6. The Morgan fingerprint density at radius 2 is 1.90 bits per heavy atom. The maximum absolute atomic E-state index is 13.1. The van der Waals surface area contributed by atoms with Crippen molar-refractivity contribution >= 4 is 17.6 Å². The summed E-state index contributed by atoms with van der Waals surface area (Å²) in [6.07, 6.45) is 2.30. The molecule has 0 fully saturated rings. The maximum atomic E-state index is 13.1. The van der Waals surface area contributed by atoms with Gasteiger partial charge in [0.2, 0.25) is 0 Å². The van der Waals surface area contributed by atoms with Crippen LogP contribution in [-0.4, -0.2) is 27.0 Å². The predicted octanol–water partition coefficient (Wildman–Crippen LogP) is 2.97. The number of nitrogens with two attached hydrogens (primary N) is 1. The van der Waals surface area contributed by atoms with Crippen LogP contribution < -0.4 is 11.1 Å². The van der Waals surface area contributed by atoms with E-state index >= 15 is 0 Å². The molecule has 1 amide bonds. The Morgan fingerprint density at radius 1 is 1.07 bits per heavy atom. The number of benzene rings is 2. The molecule has 1 heterocycles. The van der Waals surface area contributed by atoms with Gasteiger partial charge in [-0.3, -0.25) is 9.59 Å². The number of nitrogens with one attached hydrogen (secondary N) is 1. The Hall–Kier alpha value is -3.58. The Kier molecular flexibility index (Phi) is 5.54. The van der Waals surface area contributed by atoms with E-state index in [2.05, 4.69) is 10.3 Å². The normalized spacial score (nSPS) is 12.4. The minimum Gasteiger partial charge on any atom is -0.481 e. The number of rotatable bonds is 6. The Labute approximate surface area is 174 Å². The molecule has 7 nitrogen and oxygen atoms in total. The number of hydrogen-bond donors (Lipinski definition) is 3. The summed E-state index contributed by atoms with van der Waals surface area (Å²) in [6.45, 7) is 0.409. The fourth-order valence-corrected chi connectivity index (χ4v) is 3.73. The standard InChI is InChI=1S/C23H22N4O3/c24-13-14-5-3-7-16(11-14)22-25-19-10-4-8-17(19)21(27-22)23(30)26-18-9-2-1-6-15(18)12-20(28)29/h1-3,5-7,9,11H,4,8,10,12-13,24H2,(H,26,30)(H,28,29). The smallest absolute Gasteiger partial charge is 0.307 e. The maximum Gasteiger partial charge on any atom is 0.307 e. The van der Waals surface area contributed by atoms with Gasteiger partial charge in [0.25, 0.3) is 5.91 Å². The summed E-state index contributed by atoms with van der Waals surface area (Å²) < 4.78 is 0. The van der Waals surface area contributed by atoms with Gasteiger partial charge in [0.15, 0.2) is 5.82 Å². The highest BCUT2D eigenvalue weighted by molar-refractivity contribution is 6.05. The number of anilines is 1. The minimum absolute atomic E-state index is 0.171. The first-order valence-electron chi connectivity index (χ1n) is 9.85. The molecular weight excluding hydrogens is 380 g/mol. The van der Waals surface area contributed by atoms with Crippen LogP contribution in [0.25, 0.3) is 11.4 Å². The fourth-order valence-electron chi connectivity index (χ4n) is 3.73. The Balaban J connectivity index is 1.71. The Bertz CT molecular complexity index is 1130. The van der Waals surface area contributed by atoms with Gasteiger partial charge in [0, 0.05) is 29.1 Å². The van der Waals surface area contributed by atoms with Crippen LogP contribution in [0.5, 0.6) is 0 Å². The zero-order chi connectivity index (χ0) is 21.1. The van der Waals surface area contributed by atoms with Crippen LogP contribution in [0.3, 0.4) is 0 Å². The second kappa shape index (κ2) is 8.42. The van der Waals surface area contributed by atoms with Crippen molar-refractivity contribution in [2.75, 3.05) is 5.32 Å². The van der Waals surface area contributed by atoms with Crippen LogP contribution in [0.2, 0.25) is 0 Å². The van der Waals surface area contributed by atoms with Crippen LogP contribution in [0.4, 0.5) is 5.69 Å². The number of carboxylic acids is 1. The molecule has 4 rings (SSSR count). The molecule has 30 heavy (non-hydrogen) atoms. The Morgan fingerprint density at radius 3 is 2.70 bits per heavy atom. The minimum atomic E-state index is -0.957. The molecule has 1 aromatic heterocycles. The molecular formula is C23H22N4O3. The number of carbonyl (C=O) groups excluding carboxylic acids is 1. The molecule has 0 radical (unpaired) electrons. The third kappa shape index (κ3) is 4.06. The van der Waals surface area contributed by atoms with Crippen molar-refractivity contribution in [3.05, 3.63) is 76.6 Å². The van der Waals surface area contributed by atoms with Crippen LogP contribution in [-0.2, 0) is 30.6 Å². The molecule has 1 aliphatic rings. The molecule has 0 spiro atoms. The molecule has 0 bridgehead atoms. The van der Waals surface area contributed by atoms with Gasteiger partial charge in [-0.15, -0.1) is 0 Å². The first kappa shape index (κ1) is 19.7. The van der Waals surface area contributed by atoms with Crippen molar-refractivity contribution < 1.29 is 14.7 Å². The van der Waals surface area contributed by atoms with E-state index in [-0.39, 0.29) is 12.3 Å². The van der Waals surface area contributed by atoms with Crippen molar-refractivity contribution in [3.8, 4) is 11.4 Å². The van der Waals surface area contributed by atoms with Crippen molar-refractivity contribution in [3.63, 3.8) is 0 Å². The van der Waals surface area contributed by atoms with Crippen LogP contribution >= 0.6 is 0 Å². The molecule has 1 aliphatic carbocycles. The summed E-state index contributed by atoms with van der Waals surface area (Å²) in [5.74, 6) is -0.818. The van der Waals surface area contributed by atoms with Gasteiger partial charge in [-0.1, -0.05) is 36.4 Å². The van der Waals surface area contributed by atoms with Crippen molar-refractivity contribution in [1.29, 1.82) is 0 Å². The van der Waals surface area contributed by atoms with E-state index in [1.54, 1.807) is 24.3 Å². The van der Waals surface area contributed by atoms with E-state index in [0.717, 1.165) is 41.6 Å². The van der Waals surface area contributed by atoms with Crippen LogP contribution in [0.15, 0.2) is 48.5 Å². The lowest BCUT2D eigenvalue weighted by atomic mass is 10.1. The summed E-state index contributed by atoms with van der Waals surface area (Å²) in [4.78, 5) is 33.6. The first-order valence-corrected chi connectivity index (χ1v) is 9.85. The van der Waals surface area contributed by atoms with Crippen molar-refractivity contribution in [2.24, 2.45) is 5.73 Å². The number of carboxylic acid groups (broad SMARTS) is 1. The number of nitrogens with zero attached hydrogens (tertiary/aromatic N) is 2. The number of aromatic nitrogens is 2. The second-order valence-corrected chi connectivity index (χ2v) is 7.26. The topological polar surface area (TPSA) is 118 Å². The SMILES string of the molecule is NCc1cccc(-c2nc3c(c(C(=O)Nc4ccccc4CC(=O)O)n2)CCC3)c1. The van der Waals surface area contributed by atoms with Crippen molar-refractivity contribution in [1.82, 2.24) is 9.97 Å². The molecule has 3 aromatic rings. The van der Waals surface area contributed by atoms with E-state index in [1.165, 1.54) is 0 Å². The second-order valence-electron chi connectivity index (χ2n) is 7.26. The molecule has 0 aliphatic heterocycles.